The zero-order chi connectivity index (χ0) is 38.1. The van der Waals surface area contributed by atoms with Crippen molar-refractivity contribution in [3.8, 4) is 0 Å². The summed E-state index contributed by atoms with van der Waals surface area (Å²) in [7, 11) is 0. The van der Waals surface area contributed by atoms with E-state index in [0.717, 1.165) is 33.1 Å². The molecule has 15 nitrogen and oxygen atoms in total. The average Bonchev–Trinajstić information content (AvgIpc) is 3.98. The minimum absolute atomic E-state index is 0.000971. The second-order valence-electron chi connectivity index (χ2n) is 13.1. The highest BCUT2D eigenvalue weighted by atomic mass is 32.2. The van der Waals surface area contributed by atoms with Crippen molar-refractivity contribution < 1.29 is 29.1 Å². The third kappa shape index (κ3) is 6.64. The van der Waals surface area contributed by atoms with E-state index in [9.17, 15) is 24.3 Å². The van der Waals surface area contributed by atoms with Gasteiger partial charge in [-0.15, -0.1) is 11.8 Å². The largest absolute Gasteiger partial charge is 0.477 e. The number of oxime groups is 1. The maximum absolute atomic E-state index is 14.2. The molecule has 0 aliphatic carbocycles. The Morgan fingerprint density at radius 2 is 1.56 bits per heavy atom. The molecule has 55 heavy (non-hydrogen) atoms. The number of anilines is 1. The summed E-state index contributed by atoms with van der Waals surface area (Å²) in [5, 5.41) is 16.8. The lowest BCUT2D eigenvalue weighted by Crippen LogP contribution is -2.71. The number of hydrogen-bond acceptors (Lipinski definition) is 13. The molecule has 0 unspecified atom stereocenters. The van der Waals surface area contributed by atoms with E-state index in [-0.39, 0.29) is 40.1 Å². The lowest BCUT2D eigenvalue weighted by atomic mass is 9.80. The second-order valence-corrected chi connectivity index (χ2v) is 15.0. The van der Waals surface area contributed by atoms with Crippen LogP contribution in [0.1, 0.15) is 28.9 Å². The number of β-lactam (4-membered cyclic amide) rings is 1. The normalized spacial score (nSPS) is 21.2. The first-order chi connectivity index (χ1) is 26.8. The van der Waals surface area contributed by atoms with E-state index in [1.54, 1.807) is 11.0 Å². The molecule has 8 rings (SSSR count). The zero-order valence-corrected chi connectivity index (χ0v) is 30.8. The number of likely N-dealkylation sites (tertiary alicyclic amines) is 1. The molecule has 17 heteroatoms. The standard InChI is InChI=1S/C38H35N9O6S2/c39-37-43-31(45-55-37)28(44-53-38(24-10-4-1-5-11-24,25-12-6-2-7-13-25)26-14-8-3-9-15-26)32(48)42-29-34(50)47-30(36(51)52)23(21-54-35(29)47)18-22-16-17-46(33(22)49)27-19-40-41-20-27/h1-15,18,27,29,35,40-41H,16-17,19-21H2,(H,42,48)(H,51,52)(H2,39,43,45)/b22-18+,44-28-/t29-,35-/m1/s1. The van der Waals surface area contributed by atoms with Gasteiger partial charge in [0.05, 0.1) is 6.04 Å². The van der Waals surface area contributed by atoms with Crippen molar-refractivity contribution in [2.24, 2.45) is 5.16 Å². The number of hydrazine groups is 1. The third-order valence-electron chi connectivity index (χ3n) is 9.92. The van der Waals surface area contributed by atoms with Crippen molar-refractivity contribution in [3.63, 3.8) is 0 Å². The predicted octanol–water partition coefficient (Wildman–Crippen LogP) is 2.21. The molecule has 0 spiro atoms. The summed E-state index contributed by atoms with van der Waals surface area (Å²) in [6, 6.07) is 27.2. The summed E-state index contributed by atoms with van der Waals surface area (Å²) >= 11 is 2.15. The van der Waals surface area contributed by atoms with Gasteiger partial charge in [-0.25, -0.2) is 4.79 Å². The summed E-state index contributed by atoms with van der Waals surface area (Å²) in [5.41, 5.74) is 13.1. The molecule has 0 bridgehead atoms. The van der Waals surface area contributed by atoms with Crippen LogP contribution in [-0.2, 0) is 29.6 Å². The molecule has 3 amide bonds. The topological polar surface area (TPSA) is 204 Å². The Bertz CT molecular complexity index is 2130. The molecule has 3 fully saturated rings. The van der Waals surface area contributed by atoms with Gasteiger partial charge in [-0.05, 0) is 18.1 Å². The number of carbonyl (C=O) groups excluding carboxylic acids is 3. The second kappa shape index (κ2) is 15.1. The maximum atomic E-state index is 14.2. The molecule has 4 aromatic rings. The minimum Gasteiger partial charge on any atom is -0.477 e. The van der Waals surface area contributed by atoms with Crippen LogP contribution in [-0.4, -0.2) is 96.5 Å². The Labute approximate surface area is 323 Å². The van der Waals surface area contributed by atoms with Gasteiger partial charge in [0.2, 0.25) is 23.0 Å². The monoisotopic (exact) mass is 777 g/mol. The van der Waals surface area contributed by atoms with Crippen molar-refractivity contribution in [3.05, 3.63) is 136 Å². The highest BCUT2D eigenvalue weighted by molar-refractivity contribution is 8.00. The van der Waals surface area contributed by atoms with Gasteiger partial charge in [0.15, 0.2) is 5.13 Å². The number of hydrogen-bond donors (Lipinski definition) is 5. The number of amides is 3. The number of allylic oxidation sites excluding steroid dienone is 1. The van der Waals surface area contributed by atoms with Crippen LogP contribution in [0.5, 0.6) is 0 Å². The number of aromatic nitrogens is 2. The molecule has 0 radical (unpaired) electrons. The lowest BCUT2D eigenvalue weighted by Gasteiger charge is -2.49. The summed E-state index contributed by atoms with van der Waals surface area (Å²) in [5.74, 6) is -2.81. The van der Waals surface area contributed by atoms with E-state index in [1.165, 1.54) is 11.8 Å². The van der Waals surface area contributed by atoms with Crippen LogP contribution in [0.25, 0.3) is 0 Å². The van der Waals surface area contributed by atoms with Gasteiger partial charge in [0.25, 0.3) is 11.8 Å². The van der Waals surface area contributed by atoms with Crippen molar-refractivity contribution >= 4 is 57.8 Å². The number of benzene rings is 3. The molecule has 5 heterocycles. The number of fused-ring (bicyclic) bond motifs is 1. The molecule has 3 saturated heterocycles. The third-order valence-corrected chi connectivity index (χ3v) is 11.8. The summed E-state index contributed by atoms with van der Waals surface area (Å²) in [6.07, 6.45) is 2.06. The number of thioether (sulfide) groups is 1. The number of carboxylic acid groups (broad SMARTS) is 1. The number of rotatable bonds is 11. The van der Waals surface area contributed by atoms with Gasteiger partial charge >= 0.3 is 5.97 Å². The van der Waals surface area contributed by atoms with Crippen LogP contribution in [0.2, 0.25) is 0 Å². The van der Waals surface area contributed by atoms with Crippen molar-refractivity contribution in [2.75, 3.05) is 31.1 Å². The van der Waals surface area contributed by atoms with E-state index in [0.29, 0.717) is 37.2 Å². The fourth-order valence-electron chi connectivity index (χ4n) is 7.27. The molecule has 6 N–H and O–H groups in total. The quantitative estimate of drug-likeness (QED) is 0.0489. The van der Waals surface area contributed by atoms with Crippen LogP contribution >= 0.6 is 23.3 Å². The first-order valence-corrected chi connectivity index (χ1v) is 19.3. The highest BCUT2D eigenvalue weighted by Gasteiger charge is 2.54. The average molecular weight is 778 g/mol. The number of nitrogens with one attached hydrogen (secondary N) is 3. The summed E-state index contributed by atoms with van der Waals surface area (Å²) < 4.78 is 4.24. The molecule has 3 aromatic carbocycles. The van der Waals surface area contributed by atoms with Crippen LogP contribution in [0.4, 0.5) is 5.13 Å². The van der Waals surface area contributed by atoms with Gasteiger partial charge in [-0.1, -0.05) is 96.2 Å². The van der Waals surface area contributed by atoms with E-state index < -0.39 is 34.8 Å². The lowest BCUT2D eigenvalue weighted by molar-refractivity contribution is -0.150. The number of carboxylic acids is 1. The van der Waals surface area contributed by atoms with Crippen LogP contribution in [0.15, 0.2) is 119 Å². The van der Waals surface area contributed by atoms with Crippen molar-refractivity contribution in [2.45, 2.75) is 29.5 Å². The fourth-order valence-corrected chi connectivity index (χ4v) is 9.01. The first kappa shape index (κ1) is 36.1. The predicted molar refractivity (Wildman–Crippen MR) is 205 cm³/mol. The van der Waals surface area contributed by atoms with Crippen LogP contribution in [0, 0.1) is 0 Å². The number of nitrogens with two attached hydrogens (primary N) is 1. The number of aliphatic carboxylic acids is 1. The minimum atomic E-state index is -1.34. The Balaban J connectivity index is 1.10. The molecule has 280 valence electrons. The van der Waals surface area contributed by atoms with E-state index in [4.69, 9.17) is 10.6 Å². The highest BCUT2D eigenvalue weighted by Crippen LogP contribution is 2.43. The van der Waals surface area contributed by atoms with Gasteiger partial charge in [0, 0.05) is 59.2 Å². The molecular weight excluding hydrogens is 743 g/mol. The molecule has 0 saturated carbocycles. The van der Waals surface area contributed by atoms with Crippen LogP contribution in [0.3, 0.4) is 0 Å². The van der Waals surface area contributed by atoms with Gasteiger partial charge in [-0.3, -0.25) is 30.1 Å². The molecule has 4 aliphatic heterocycles. The molecular formula is C38H35N9O6S2. The van der Waals surface area contributed by atoms with Crippen molar-refractivity contribution in [1.82, 2.24) is 35.3 Å². The number of nitrogen functional groups attached to an aromatic ring is 1. The Hall–Kier alpha value is -5.88. The Kier molecular flexibility index (Phi) is 9.91. The maximum Gasteiger partial charge on any atom is 0.352 e. The zero-order valence-electron chi connectivity index (χ0n) is 29.1. The Morgan fingerprint density at radius 3 is 2.11 bits per heavy atom. The van der Waals surface area contributed by atoms with E-state index in [1.807, 2.05) is 91.0 Å². The first-order valence-electron chi connectivity index (χ1n) is 17.5. The van der Waals surface area contributed by atoms with Crippen molar-refractivity contribution in [1.29, 1.82) is 0 Å². The summed E-state index contributed by atoms with van der Waals surface area (Å²) in [6.45, 7) is 1.76. The van der Waals surface area contributed by atoms with E-state index in [2.05, 4.69) is 30.7 Å². The van der Waals surface area contributed by atoms with Gasteiger partial charge < -0.3 is 25.9 Å². The van der Waals surface area contributed by atoms with Crippen LogP contribution < -0.4 is 21.9 Å². The fraction of sp³-hybridized carbons (Fsp3) is 0.237. The number of nitrogens with zero attached hydrogens (tertiary/aromatic N) is 5. The Morgan fingerprint density at radius 1 is 0.964 bits per heavy atom. The van der Waals surface area contributed by atoms with E-state index >= 15 is 0 Å². The SMILES string of the molecule is Nc1nc(/C(=N/OC(c2ccccc2)(c2ccccc2)c2ccccc2)C(=O)N[C@@H]2C(=O)N3C(C(=O)O)=C(/C=C4\CCN(C5CNNC5)C4=O)CS[C@H]23)ns1. The smallest absolute Gasteiger partial charge is 0.352 e. The molecule has 1 aromatic heterocycles. The molecule has 2 atom stereocenters. The summed E-state index contributed by atoms with van der Waals surface area (Å²) in [4.78, 5) is 67.5. The number of carbonyl (C=O) groups is 4. The molecule has 4 aliphatic rings. The van der Waals surface area contributed by atoms with Gasteiger partial charge in [0.1, 0.15) is 17.1 Å². The van der Waals surface area contributed by atoms with Gasteiger partial charge in [-0.2, -0.15) is 9.36 Å².